The number of piperidine rings is 1. The lowest BCUT2D eigenvalue weighted by Crippen LogP contribution is -2.43. The summed E-state index contributed by atoms with van der Waals surface area (Å²) in [6.45, 7) is 5.02. The van der Waals surface area contributed by atoms with Crippen molar-refractivity contribution in [2.24, 2.45) is 17.0 Å². The minimum atomic E-state index is -0.398. The minimum absolute atomic E-state index is 0.146. The van der Waals surface area contributed by atoms with E-state index in [9.17, 15) is 5.26 Å². The number of nitrogen functional groups attached to an aromatic ring is 1. The summed E-state index contributed by atoms with van der Waals surface area (Å²) in [6.07, 6.45) is 12.1. The smallest absolute Gasteiger partial charge is 0.186 e. The lowest BCUT2D eigenvalue weighted by atomic mass is 9.63. The SMILES string of the molecule is CON=C1C2CCC1CN(c1nc(-c3noc4c3CCCC43CCCc4sc(N)c(C#N)c43)nc3c1cnn3C(C)C1CCCN1C)C2. The van der Waals surface area contributed by atoms with Gasteiger partial charge in [0.05, 0.1) is 34.3 Å². The number of hydrogen-bond acceptors (Lipinski definition) is 12. The molecule has 5 aliphatic rings. The van der Waals surface area contributed by atoms with Crippen molar-refractivity contribution in [2.75, 3.05) is 44.4 Å². The van der Waals surface area contributed by atoms with Gasteiger partial charge in [0.25, 0.3) is 0 Å². The highest BCUT2D eigenvalue weighted by atomic mass is 32.1. The van der Waals surface area contributed by atoms with Gasteiger partial charge in [0.15, 0.2) is 22.9 Å². The van der Waals surface area contributed by atoms with Gasteiger partial charge in [-0.2, -0.15) is 10.4 Å². The van der Waals surface area contributed by atoms with E-state index >= 15 is 0 Å². The zero-order valence-electron chi connectivity index (χ0n) is 27.9. The number of thiophene rings is 1. The van der Waals surface area contributed by atoms with Crippen LogP contribution in [0.2, 0.25) is 0 Å². The number of hydrogen-bond donors (Lipinski definition) is 1. The number of nitrogens with two attached hydrogens (primary N) is 1. The summed E-state index contributed by atoms with van der Waals surface area (Å²) in [5.41, 5.74) is 11.5. The number of likely N-dealkylation sites (tertiary alicyclic amines) is 1. The topological polar surface area (TPSA) is 148 Å². The van der Waals surface area contributed by atoms with Crippen molar-refractivity contribution in [1.82, 2.24) is 29.8 Å². The number of rotatable bonds is 5. The normalized spacial score (nSPS) is 27.3. The first-order valence-corrected chi connectivity index (χ1v) is 18.4. The molecule has 13 heteroatoms. The highest BCUT2D eigenvalue weighted by Gasteiger charge is 2.49. The van der Waals surface area contributed by atoms with Crippen LogP contribution in [0.3, 0.4) is 0 Å². The number of nitriles is 1. The van der Waals surface area contributed by atoms with Crippen LogP contribution >= 0.6 is 11.3 Å². The number of aryl methyl sites for hydroxylation is 1. The zero-order valence-corrected chi connectivity index (χ0v) is 28.7. The summed E-state index contributed by atoms with van der Waals surface area (Å²) in [5, 5.41) is 26.0. The fraction of sp³-hybridized carbons (Fsp3) is 0.600. The van der Waals surface area contributed by atoms with E-state index in [2.05, 4.69) is 39.7 Å². The second-order valence-electron chi connectivity index (χ2n) is 14.6. The van der Waals surface area contributed by atoms with Crippen molar-refractivity contribution in [3.63, 3.8) is 0 Å². The van der Waals surface area contributed by atoms with Gasteiger partial charge in [-0.05, 0) is 90.3 Å². The number of likely N-dealkylation sites (N-methyl/N-ethyl adjacent to an activating group) is 1. The summed E-state index contributed by atoms with van der Waals surface area (Å²) < 4.78 is 8.50. The van der Waals surface area contributed by atoms with Crippen molar-refractivity contribution in [2.45, 2.75) is 88.6 Å². The monoisotopic (exact) mass is 666 g/mol. The zero-order chi connectivity index (χ0) is 32.7. The number of fused-ring (bicyclic) bond motifs is 7. The van der Waals surface area contributed by atoms with Gasteiger partial charge in [0, 0.05) is 41.4 Å². The molecule has 9 rings (SSSR count). The third-order valence-corrected chi connectivity index (χ3v) is 13.2. The van der Waals surface area contributed by atoms with Crippen molar-refractivity contribution in [3.05, 3.63) is 33.5 Å². The molecule has 4 aromatic heterocycles. The minimum Gasteiger partial charge on any atom is -0.399 e. The van der Waals surface area contributed by atoms with E-state index in [0.29, 0.717) is 40.0 Å². The third-order valence-electron chi connectivity index (χ3n) is 12.1. The number of nitrogens with zero attached hydrogens (tertiary/aromatic N) is 9. The molecule has 2 saturated heterocycles. The van der Waals surface area contributed by atoms with Gasteiger partial charge in [-0.3, -0.25) is 0 Å². The second kappa shape index (κ2) is 11.3. The Morgan fingerprint density at radius 2 is 1.94 bits per heavy atom. The molecule has 250 valence electrons. The molecular weight excluding hydrogens is 625 g/mol. The highest BCUT2D eigenvalue weighted by Crippen LogP contribution is 2.55. The fourth-order valence-corrected chi connectivity index (χ4v) is 11.1. The van der Waals surface area contributed by atoms with Crippen molar-refractivity contribution in [1.29, 1.82) is 5.26 Å². The molecular formula is C35H42N10O2S. The predicted octanol–water partition coefficient (Wildman–Crippen LogP) is 5.46. The molecule has 5 atom stereocenters. The summed E-state index contributed by atoms with van der Waals surface area (Å²) >= 11 is 1.56. The Bertz CT molecular complexity index is 1970. The lowest BCUT2D eigenvalue weighted by molar-refractivity contribution is 0.209. The van der Waals surface area contributed by atoms with Gasteiger partial charge in [-0.1, -0.05) is 10.3 Å². The third kappa shape index (κ3) is 4.30. The Kier molecular flexibility index (Phi) is 7.06. The quantitative estimate of drug-likeness (QED) is 0.272. The van der Waals surface area contributed by atoms with Crippen molar-refractivity contribution < 1.29 is 9.36 Å². The Balaban J connectivity index is 1.19. The molecule has 1 spiro atoms. The average Bonchev–Trinajstić information content (AvgIpc) is 3.91. The van der Waals surface area contributed by atoms with Crippen LogP contribution in [0.4, 0.5) is 10.8 Å². The van der Waals surface area contributed by atoms with E-state index in [4.69, 9.17) is 35.3 Å². The molecule has 4 aromatic rings. The van der Waals surface area contributed by atoms with Crippen LogP contribution in [0.25, 0.3) is 22.6 Å². The standard InChI is InChI=1S/C35H42N10O2S/c1-19(25-8-6-14-43(25)2)45-34-24(16-38-45)33(44-17-20-10-11-21(18-44)28(20)41-46-3)39-32(40-34)29-22-7-4-12-35(30(22)47-42-29)13-5-9-26-27(35)23(15-36)31(37)48-26/h16,19-21,25H,4-14,17-18,37H2,1-3H3. The average molecular weight is 667 g/mol. The van der Waals surface area contributed by atoms with Crippen molar-refractivity contribution in [3.8, 4) is 17.6 Å². The Hall–Kier alpha value is -4.02. The molecule has 0 radical (unpaired) electrons. The fourth-order valence-electron chi connectivity index (χ4n) is 9.92. The van der Waals surface area contributed by atoms with Gasteiger partial charge in [-0.25, -0.2) is 14.6 Å². The molecule has 0 amide bonds. The Labute approximate surface area is 283 Å². The molecule has 5 unspecified atom stereocenters. The van der Waals surface area contributed by atoms with Crippen molar-refractivity contribution >= 4 is 38.9 Å². The maximum Gasteiger partial charge on any atom is 0.186 e. The predicted molar refractivity (Wildman–Crippen MR) is 184 cm³/mol. The van der Waals surface area contributed by atoms with Crippen LogP contribution < -0.4 is 10.6 Å². The summed E-state index contributed by atoms with van der Waals surface area (Å²) in [7, 11) is 3.85. The van der Waals surface area contributed by atoms with E-state index in [1.807, 2.05) is 6.20 Å². The molecule has 12 nitrogen and oxygen atoms in total. The molecule has 2 aliphatic heterocycles. The molecule has 2 bridgehead atoms. The first-order chi connectivity index (χ1) is 23.4. The van der Waals surface area contributed by atoms with Crippen LogP contribution in [0.1, 0.15) is 91.7 Å². The molecule has 2 N–H and O–H groups in total. The largest absolute Gasteiger partial charge is 0.399 e. The van der Waals surface area contributed by atoms with Crippen LogP contribution in [-0.2, 0) is 23.1 Å². The molecule has 0 aromatic carbocycles. The number of oxime groups is 1. The van der Waals surface area contributed by atoms with Crippen LogP contribution in [0.15, 0.2) is 15.9 Å². The molecule has 48 heavy (non-hydrogen) atoms. The first kappa shape index (κ1) is 30.1. The number of aromatic nitrogens is 5. The van der Waals surface area contributed by atoms with Gasteiger partial charge in [0.2, 0.25) is 0 Å². The van der Waals surface area contributed by atoms with Crippen LogP contribution in [0, 0.1) is 23.2 Å². The molecule has 1 saturated carbocycles. The van der Waals surface area contributed by atoms with E-state index in [1.165, 1.54) is 17.0 Å². The van der Waals surface area contributed by atoms with E-state index in [1.54, 1.807) is 18.4 Å². The molecule has 3 fully saturated rings. The molecule has 6 heterocycles. The summed E-state index contributed by atoms with van der Waals surface area (Å²) in [6, 6.07) is 2.97. The Morgan fingerprint density at radius 3 is 2.67 bits per heavy atom. The van der Waals surface area contributed by atoms with Gasteiger partial charge in [-0.15, -0.1) is 11.3 Å². The molecule has 3 aliphatic carbocycles. The maximum absolute atomic E-state index is 10.2. The highest BCUT2D eigenvalue weighted by molar-refractivity contribution is 7.16. The van der Waals surface area contributed by atoms with Gasteiger partial charge < -0.3 is 24.9 Å². The summed E-state index contributed by atoms with van der Waals surface area (Å²) in [5.74, 6) is 3.03. The summed E-state index contributed by atoms with van der Waals surface area (Å²) in [4.78, 5) is 21.9. The van der Waals surface area contributed by atoms with Gasteiger partial charge in [0.1, 0.15) is 24.0 Å². The lowest BCUT2D eigenvalue weighted by Gasteiger charge is -2.39. The van der Waals surface area contributed by atoms with E-state index in [0.717, 1.165) is 111 Å². The van der Waals surface area contributed by atoms with Crippen LogP contribution in [0.5, 0.6) is 0 Å². The van der Waals surface area contributed by atoms with E-state index in [-0.39, 0.29) is 6.04 Å². The van der Waals surface area contributed by atoms with E-state index < -0.39 is 5.41 Å². The maximum atomic E-state index is 10.2. The number of anilines is 2. The Morgan fingerprint density at radius 1 is 1.15 bits per heavy atom. The van der Waals surface area contributed by atoms with Gasteiger partial charge >= 0.3 is 0 Å². The first-order valence-electron chi connectivity index (χ1n) is 17.5. The van der Waals surface area contributed by atoms with Crippen LogP contribution in [-0.4, -0.2) is 75.4 Å². The second-order valence-corrected chi connectivity index (χ2v) is 15.7.